The van der Waals surface area contributed by atoms with Crippen molar-refractivity contribution in [2.75, 3.05) is 29.5 Å². The van der Waals surface area contributed by atoms with Crippen LogP contribution in [0.3, 0.4) is 0 Å². The molecule has 0 radical (unpaired) electrons. The van der Waals surface area contributed by atoms with E-state index in [9.17, 15) is 5.21 Å². The number of nitrogen functional groups attached to an aromatic ring is 2. The summed E-state index contributed by atoms with van der Waals surface area (Å²) >= 11 is 0. The zero-order valence-electron chi connectivity index (χ0n) is 8.26. The van der Waals surface area contributed by atoms with Gasteiger partial charge >= 0.3 is 5.95 Å². The number of anilines is 3. The zero-order chi connectivity index (χ0) is 10.8. The van der Waals surface area contributed by atoms with Crippen LogP contribution in [0.4, 0.5) is 17.6 Å². The van der Waals surface area contributed by atoms with E-state index >= 15 is 0 Å². The van der Waals surface area contributed by atoms with Crippen LogP contribution in [-0.4, -0.2) is 18.1 Å². The third-order valence-corrected chi connectivity index (χ3v) is 2.33. The second kappa shape index (κ2) is 3.64. The first-order valence-electron chi connectivity index (χ1n) is 4.74. The molecule has 0 fully saturated rings. The molecule has 0 unspecified atom stereocenters. The quantitative estimate of drug-likeness (QED) is 0.372. The van der Waals surface area contributed by atoms with Crippen molar-refractivity contribution in [1.82, 2.24) is 4.98 Å². The summed E-state index contributed by atoms with van der Waals surface area (Å²) in [5, 5.41) is 11.2. The smallest absolute Gasteiger partial charge is 0.346 e. The van der Waals surface area contributed by atoms with Crippen LogP contribution in [0.2, 0.25) is 0 Å². The molecule has 1 aliphatic heterocycles. The summed E-state index contributed by atoms with van der Waals surface area (Å²) in [4.78, 5) is 6.02. The molecule has 6 nitrogen and oxygen atoms in total. The fourth-order valence-corrected chi connectivity index (χ4v) is 1.53. The maximum absolute atomic E-state index is 11.2. The van der Waals surface area contributed by atoms with E-state index in [1.165, 1.54) is 0 Å². The highest BCUT2D eigenvalue weighted by Gasteiger charge is 2.14. The fraction of sp³-hybridized carbons (Fsp3) is 0.333. The van der Waals surface area contributed by atoms with Crippen LogP contribution >= 0.6 is 0 Å². The van der Waals surface area contributed by atoms with Crippen LogP contribution in [0.25, 0.3) is 0 Å². The van der Waals surface area contributed by atoms with Crippen molar-refractivity contribution in [1.29, 1.82) is 0 Å². The highest BCUT2D eigenvalue weighted by atomic mass is 16.5. The second-order valence-corrected chi connectivity index (χ2v) is 3.40. The van der Waals surface area contributed by atoms with E-state index < -0.39 is 0 Å². The third kappa shape index (κ3) is 1.78. The van der Waals surface area contributed by atoms with Gasteiger partial charge in [-0.05, 0) is 6.42 Å². The minimum absolute atomic E-state index is 0.0760. The molecule has 0 spiro atoms. The Morgan fingerprint density at radius 1 is 1.40 bits per heavy atom. The van der Waals surface area contributed by atoms with Gasteiger partial charge in [-0.1, -0.05) is 17.1 Å². The number of hydrogen-bond acceptors (Lipinski definition) is 5. The third-order valence-electron chi connectivity index (χ3n) is 2.33. The molecule has 0 aromatic carbocycles. The molecular weight excluding hydrogens is 194 g/mol. The van der Waals surface area contributed by atoms with Crippen LogP contribution < -0.4 is 21.1 Å². The van der Waals surface area contributed by atoms with Crippen LogP contribution in [0, 0.1) is 5.21 Å². The van der Waals surface area contributed by atoms with E-state index in [-0.39, 0.29) is 11.8 Å². The molecule has 1 aromatic rings. The van der Waals surface area contributed by atoms with Gasteiger partial charge in [0.05, 0.1) is 6.07 Å². The highest BCUT2D eigenvalue weighted by molar-refractivity contribution is 5.47. The Bertz CT molecular complexity index is 380. The first-order valence-corrected chi connectivity index (χ1v) is 4.74. The van der Waals surface area contributed by atoms with Crippen molar-refractivity contribution >= 4 is 17.6 Å². The average Bonchev–Trinajstić information content (AvgIpc) is 2.26. The molecule has 80 valence electrons. The van der Waals surface area contributed by atoms with Gasteiger partial charge in [-0.15, -0.1) is 0 Å². The molecule has 0 saturated heterocycles. The van der Waals surface area contributed by atoms with Crippen molar-refractivity contribution in [3.63, 3.8) is 0 Å². The van der Waals surface area contributed by atoms with E-state index in [0.29, 0.717) is 10.5 Å². The minimum Gasteiger partial charge on any atom is -0.754 e. The summed E-state index contributed by atoms with van der Waals surface area (Å²) in [7, 11) is 0. The van der Waals surface area contributed by atoms with Gasteiger partial charge in [0.15, 0.2) is 11.6 Å². The first kappa shape index (κ1) is 9.57. The topological polar surface area (TPSA) is 95.1 Å². The lowest BCUT2D eigenvalue weighted by atomic mass is 10.2. The molecule has 15 heavy (non-hydrogen) atoms. The van der Waals surface area contributed by atoms with Gasteiger partial charge in [0, 0.05) is 13.1 Å². The number of rotatable bonds is 1. The SMILES string of the molecule is Nc1cc(N2CC=CCC2)nc(N)[n+]1[O-]. The maximum atomic E-state index is 11.2. The molecule has 4 N–H and O–H groups in total. The molecule has 0 aliphatic carbocycles. The standard InChI is InChI=1S/C9H13N5O/c10-7-6-8(12-9(11)14(7)15)13-4-2-1-3-5-13/h1-2,6H,3-5,10H2,(H2,11,12). The molecule has 2 heterocycles. The summed E-state index contributed by atoms with van der Waals surface area (Å²) in [6.45, 7) is 1.64. The number of nitrogens with two attached hydrogens (primary N) is 2. The predicted molar refractivity (Wildman–Crippen MR) is 58.0 cm³/mol. The number of aromatic nitrogens is 2. The molecule has 2 rings (SSSR count). The lowest BCUT2D eigenvalue weighted by Gasteiger charge is -2.23. The Labute approximate surface area is 87.4 Å². The highest BCUT2D eigenvalue weighted by Crippen LogP contribution is 2.16. The van der Waals surface area contributed by atoms with E-state index in [1.807, 2.05) is 4.90 Å². The number of nitrogens with zero attached hydrogens (tertiary/aromatic N) is 3. The van der Waals surface area contributed by atoms with Gasteiger partial charge in [0.2, 0.25) is 0 Å². The lowest BCUT2D eigenvalue weighted by molar-refractivity contribution is -0.576. The van der Waals surface area contributed by atoms with E-state index in [1.54, 1.807) is 6.07 Å². The molecular formula is C9H13N5O. The molecule has 0 amide bonds. The van der Waals surface area contributed by atoms with Crippen molar-refractivity contribution in [3.05, 3.63) is 23.4 Å². The second-order valence-electron chi connectivity index (χ2n) is 3.40. The first-order chi connectivity index (χ1) is 7.18. The summed E-state index contributed by atoms with van der Waals surface area (Å²) in [5.74, 6) is 0.619. The lowest BCUT2D eigenvalue weighted by Crippen LogP contribution is -2.37. The molecule has 0 saturated carbocycles. The van der Waals surface area contributed by atoms with Crippen LogP contribution in [0.5, 0.6) is 0 Å². The van der Waals surface area contributed by atoms with Gasteiger partial charge in [0.1, 0.15) is 0 Å². The van der Waals surface area contributed by atoms with Gasteiger partial charge in [-0.2, -0.15) is 0 Å². The van der Waals surface area contributed by atoms with E-state index in [2.05, 4.69) is 17.1 Å². The minimum atomic E-state index is -0.112. The fourth-order valence-electron chi connectivity index (χ4n) is 1.53. The van der Waals surface area contributed by atoms with Crippen LogP contribution in [-0.2, 0) is 0 Å². The Morgan fingerprint density at radius 2 is 2.20 bits per heavy atom. The van der Waals surface area contributed by atoms with Crippen LogP contribution in [0.1, 0.15) is 6.42 Å². The molecule has 1 aliphatic rings. The number of hydrogen-bond donors (Lipinski definition) is 2. The maximum Gasteiger partial charge on any atom is 0.346 e. The predicted octanol–water partition coefficient (Wildman–Crippen LogP) is -0.354. The molecule has 1 aromatic heterocycles. The summed E-state index contributed by atoms with van der Waals surface area (Å²) in [6.07, 6.45) is 5.13. The largest absolute Gasteiger partial charge is 0.754 e. The van der Waals surface area contributed by atoms with E-state index in [0.717, 1.165) is 19.5 Å². The molecule has 6 heteroatoms. The van der Waals surface area contributed by atoms with Gasteiger partial charge < -0.3 is 21.6 Å². The normalized spacial score (nSPS) is 15.6. The van der Waals surface area contributed by atoms with Gasteiger partial charge in [-0.25, -0.2) is 4.73 Å². The Balaban J connectivity index is 2.32. The van der Waals surface area contributed by atoms with Crippen molar-refractivity contribution in [2.24, 2.45) is 0 Å². The molecule has 0 bridgehead atoms. The van der Waals surface area contributed by atoms with Gasteiger partial charge in [0.25, 0.3) is 0 Å². The van der Waals surface area contributed by atoms with Crippen molar-refractivity contribution in [3.8, 4) is 0 Å². The Hall–Kier alpha value is -1.98. The van der Waals surface area contributed by atoms with Crippen molar-refractivity contribution < 1.29 is 4.73 Å². The van der Waals surface area contributed by atoms with E-state index in [4.69, 9.17) is 11.5 Å². The zero-order valence-corrected chi connectivity index (χ0v) is 8.26. The Morgan fingerprint density at radius 3 is 2.80 bits per heavy atom. The summed E-state index contributed by atoms with van der Waals surface area (Å²) < 4.78 is 0.420. The van der Waals surface area contributed by atoms with Gasteiger partial charge in [-0.3, -0.25) is 0 Å². The summed E-state index contributed by atoms with van der Waals surface area (Å²) in [5.41, 5.74) is 11.0. The summed E-state index contributed by atoms with van der Waals surface area (Å²) in [6, 6.07) is 1.54. The van der Waals surface area contributed by atoms with Crippen molar-refractivity contribution in [2.45, 2.75) is 6.42 Å². The average molecular weight is 207 g/mol. The Kier molecular flexibility index (Phi) is 2.32. The monoisotopic (exact) mass is 207 g/mol. The van der Waals surface area contributed by atoms with Crippen LogP contribution in [0.15, 0.2) is 18.2 Å². The molecule has 0 atom stereocenters.